The number of benzene rings is 2. The molecule has 0 bridgehead atoms. The topological polar surface area (TPSA) is 40.0 Å². The van der Waals surface area contributed by atoms with Crippen LogP contribution in [0.1, 0.15) is 62.0 Å². The first kappa shape index (κ1) is 19.6. The second-order valence-corrected chi connectivity index (χ2v) is 7.84. The number of hydrogen-bond acceptors (Lipinski definition) is 2. The van der Waals surface area contributed by atoms with Crippen molar-refractivity contribution < 1.29 is 14.8 Å². The number of nitrogens with two attached hydrogens (primary N) is 1. The van der Waals surface area contributed by atoms with Crippen molar-refractivity contribution in [3.8, 4) is 17.2 Å². The Bertz CT molecular complexity index is 973. The third-order valence-corrected chi connectivity index (χ3v) is 5.64. The zero-order chi connectivity index (χ0) is 20.4. The van der Waals surface area contributed by atoms with Crippen LogP contribution in [0.2, 0.25) is 0 Å². The van der Waals surface area contributed by atoms with Crippen molar-refractivity contribution in [2.75, 3.05) is 13.2 Å². The van der Waals surface area contributed by atoms with Gasteiger partial charge in [-0.3, -0.25) is 0 Å². The van der Waals surface area contributed by atoms with E-state index in [4.69, 9.17) is 9.47 Å². The van der Waals surface area contributed by atoms with Crippen molar-refractivity contribution >= 4 is 0 Å². The SMILES string of the molecule is CCOc1cc2c(cc1OCC)-n1cccc1[C@@H](c1ccc(C(C)C)cc1)[NH2+]C2. The summed E-state index contributed by atoms with van der Waals surface area (Å²) >= 11 is 0. The number of rotatable bonds is 6. The molecule has 2 heterocycles. The molecule has 0 fully saturated rings. The summed E-state index contributed by atoms with van der Waals surface area (Å²) in [6, 6.07) is 18.0. The van der Waals surface area contributed by atoms with E-state index in [0.717, 1.165) is 18.0 Å². The highest BCUT2D eigenvalue weighted by molar-refractivity contribution is 5.56. The fourth-order valence-electron chi connectivity index (χ4n) is 4.14. The van der Waals surface area contributed by atoms with Gasteiger partial charge < -0.3 is 19.4 Å². The number of ether oxygens (including phenoxy) is 2. The summed E-state index contributed by atoms with van der Waals surface area (Å²) in [5, 5.41) is 2.41. The summed E-state index contributed by atoms with van der Waals surface area (Å²) in [6.45, 7) is 10.6. The maximum Gasteiger partial charge on any atom is 0.163 e. The summed E-state index contributed by atoms with van der Waals surface area (Å²) < 4.78 is 14.1. The van der Waals surface area contributed by atoms with Gasteiger partial charge in [-0.2, -0.15) is 0 Å². The van der Waals surface area contributed by atoms with Gasteiger partial charge in [0.25, 0.3) is 0 Å². The lowest BCUT2D eigenvalue weighted by Crippen LogP contribution is -2.83. The molecule has 0 spiro atoms. The molecule has 0 radical (unpaired) electrons. The van der Waals surface area contributed by atoms with Gasteiger partial charge >= 0.3 is 0 Å². The van der Waals surface area contributed by atoms with Gasteiger partial charge in [-0.15, -0.1) is 0 Å². The fourth-order valence-corrected chi connectivity index (χ4v) is 4.14. The molecule has 1 aliphatic heterocycles. The van der Waals surface area contributed by atoms with E-state index in [1.165, 1.54) is 28.1 Å². The van der Waals surface area contributed by atoms with Crippen molar-refractivity contribution in [1.82, 2.24) is 4.57 Å². The minimum atomic E-state index is 0.254. The predicted molar refractivity (Wildman–Crippen MR) is 116 cm³/mol. The molecule has 1 aliphatic rings. The Morgan fingerprint density at radius 3 is 2.34 bits per heavy atom. The van der Waals surface area contributed by atoms with Crippen LogP contribution in [0, 0.1) is 0 Å². The molecule has 1 aromatic heterocycles. The average molecular weight is 392 g/mol. The summed E-state index contributed by atoms with van der Waals surface area (Å²) in [5.74, 6) is 2.19. The summed E-state index contributed by atoms with van der Waals surface area (Å²) in [5.41, 5.74) is 6.43. The Morgan fingerprint density at radius 2 is 1.69 bits per heavy atom. The summed E-state index contributed by atoms with van der Waals surface area (Å²) in [6.07, 6.45) is 2.15. The molecule has 152 valence electrons. The van der Waals surface area contributed by atoms with Gasteiger partial charge in [-0.25, -0.2) is 0 Å². The molecule has 2 aromatic carbocycles. The van der Waals surface area contributed by atoms with Gasteiger partial charge in [-0.05, 0) is 43.5 Å². The van der Waals surface area contributed by atoms with Crippen molar-refractivity contribution in [2.45, 2.75) is 46.2 Å². The monoisotopic (exact) mass is 391 g/mol. The molecular weight excluding hydrogens is 360 g/mol. The maximum absolute atomic E-state index is 5.89. The van der Waals surface area contributed by atoms with E-state index in [-0.39, 0.29) is 6.04 Å². The number of hydrogen-bond donors (Lipinski definition) is 1. The van der Waals surface area contributed by atoms with Crippen molar-refractivity contribution in [2.24, 2.45) is 0 Å². The number of nitrogens with zero attached hydrogens (tertiary/aromatic N) is 1. The molecule has 0 saturated carbocycles. The van der Waals surface area contributed by atoms with E-state index in [1.807, 2.05) is 13.8 Å². The Kier molecular flexibility index (Phi) is 5.63. The van der Waals surface area contributed by atoms with Gasteiger partial charge in [0.1, 0.15) is 6.54 Å². The van der Waals surface area contributed by atoms with Crippen molar-refractivity contribution in [1.29, 1.82) is 0 Å². The second-order valence-electron chi connectivity index (χ2n) is 7.84. The van der Waals surface area contributed by atoms with Gasteiger partial charge in [0.2, 0.25) is 0 Å². The molecule has 4 nitrogen and oxygen atoms in total. The summed E-state index contributed by atoms with van der Waals surface area (Å²) in [7, 11) is 0. The van der Waals surface area contributed by atoms with Gasteiger partial charge in [0.15, 0.2) is 17.5 Å². The normalized spacial score (nSPS) is 15.6. The minimum absolute atomic E-state index is 0.254. The van der Waals surface area contributed by atoms with E-state index in [1.54, 1.807) is 0 Å². The first-order valence-corrected chi connectivity index (χ1v) is 10.7. The lowest BCUT2D eigenvalue weighted by molar-refractivity contribution is -0.702. The van der Waals surface area contributed by atoms with Crippen LogP contribution in [0.5, 0.6) is 11.5 Å². The molecule has 3 aromatic rings. The number of fused-ring (bicyclic) bond motifs is 3. The van der Waals surface area contributed by atoms with Crippen LogP contribution >= 0.6 is 0 Å². The van der Waals surface area contributed by atoms with E-state index in [2.05, 4.69) is 78.5 Å². The molecular formula is C25H31N2O2+. The second kappa shape index (κ2) is 8.34. The van der Waals surface area contributed by atoms with E-state index in [0.29, 0.717) is 19.1 Å². The van der Waals surface area contributed by atoms with Crippen LogP contribution in [0.4, 0.5) is 0 Å². The van der Waals surface area contributed by atoms with Crippen molar-refractivity contribution in [3.05, 3.63) is 77.1 Å². The van der Waals surface area contributed by atoms with Crippen LogP contribution in [0.15, 0.2) is 54.7 Å². The number of aromatic nitrogens is 1. The van der Waals surface area contributed by atoms with E-state index < -0.39 is 0 Å². The zero-order valence-corrected chi connectivity index (χ0v) is 17.8. The van der Waals surface area contributed by atoms with Gasteiger partial charge in [0, 0.05) is 23.4 Å². The highest BCUT2D eigenvalue weighted by Crippen LogP contribution is 2.36. The molecule has 29 heavy (non-hydrogen) atoms. The molecule has 4 heteroatoms. The molecule has 1 atom stereocenters. The Morgan fingerprint density at radius 1 is 1.00 bits per heavy atom. The Labute approximate surface area is 173 Å². The smallest absolute Gasteiger partial charge is 0.163 e. The molecule has 0 aliphatic carbocycles. The average Bonchev–Trinajstić information content (AvgIpc) is 3.14. The predicted octanol–water partition coefficient (Wildman–Crippen LogP) is 4.56. The van der Waals surface area contributed by atoms with Crippen LogP contribution in [0.25, 0.3) is 5.69 Å². The van der Waals surface area contributed by atoms with Crippen molar-refractivity contribution in [3.63, 3.8) is 0 Å². The third kappa shape index (κ3) is 3.77. The van der Waals surface area contributed by atoms with Crippen LogP contribution in [-0.2, 0) is 6.54 Å². The highest BCUT2D eigenvalue weighted by atomic mass is 16.5. The van der Waals surface area contributed by atoms with Crippen LogP contribution < -0.4 is 14.8 Å². The molecule has 0 saturated heterocycles. The van der Waals surface area contributed by atoms with Crippen LogP contribution in [-0.4, -0.2) is 17.8 Å². The van der Waals surface area contributed by atoms with E-state index in [9.17, 15) is 0 Å². The summed E-state index contributed by atoms with van der Waals surface area (Å²) in [4.78, 5) is 0. The molecule has 4 rings (SSSR count). The number of quaternary nitrogens is 1. The fraction of sp³-hybridized carbons (Fsp3) is 0.360. The van der Waals surface area contributed by atoms with Gasteiger partial charge in [0.05, 0.1) is 24.6 Å². The highest BCUT2D eigenvalue weighted by Gasteiger charge is 2.27. The molecule has 2 N–H and O–H groups in total. The largest absolute Gasteiger partial charge is 0.490 e. The standard InChI is InChI=1S/C25H30N2O2/c1-5-28-23-14-20-16-26-25(19-11-9-18(10-12-19)17(3)4)21-8-7-13-27(21)22(20)15-24(23)29-6-2/h7-15,17,25-26H,5-6,16H2,1-4H3/p+1/t25-/m1/s1. The third-order valence-electron chi connectivity index (χ3n) is 5.64. The Balaban J connectivity index is 1.76. The molecule has 0 amide bonds. The van der Waals surface area contributed by atoms with Crippen LogP contribution in [0.3, 0.4) is 0 Å². The maximum atomic E-state index is 5.89. The lowest BCUT2D eigenvalue weighted by atomic mass is 9.98. The Hall–Kier alpha value is -2.72. The van der Waals surface area contributed by atoms with Gasteiger partial charge in [-0.1, -0.05) is 38.1 Å². The minimum Gasteiger partial charge on any atom is -0.490 e. The first-order chi connectivity index (χ1) is 14.1. The quantitative estimate of drug-likeness (QED) is 0.669. The zero-order valence-electron chi connectivity index (χ0n) is 17.8. The van der Waals surface area contributed by atoms with E-state index >= 15 is 0 Å². The molecule has 0 unspecified atom stereocenters. The lowest BCUT2D eigenvalue weighted by Gasteiger charge is -2.16. The first-order valence-electron chi connectivity index (χ1n) is 10.7.